The monoisotopic (exact) mass is 214 g/mol. The summed E-state index contributed by atoms with van der Waals surface area (Å²) in [5.41, 5.74) is 0. The smallest absolute Gasteiger partial charge is 0.190 e. The molecule has 1 N–H and O–H groups in total. The van der Waals surface area contributed by atoms with E-state index in [1.165, 1.54) is 6.07 Å². The largest absolute Gasteiger partial charge is 0.487 e. The fourth-order valence-electron chi connectivity index (χ4n) is 1.66. The van der Waals surface area contributed by atoms with Crippen molar-refractivity contribution in [3.8, 4) is 5.75 Å². The number of halogens is 2. The van der Waals surface area contributed by atoms with Crippen LogP contribution in [0.1, 0.15) is 12.8 Å². The molecule has 1 saturated carbocycles. The first-order chi connectivity index (χ1) is 7.16. The average molecular weight is 214 g/mol. The van der Waals surface area contributed by atoms with Crippen molar-refractivity contribution in [2.75, 3.05) is 6.61 Å². The second-order valence-corrected chi connectivity index (χ2v) is 3.85. The molecule has 0 radical (unpaired) electrons. The lowest BCUT2D eigenvalue weighted by Gasteiger charge is -2.30. The quantitative estimate of drug-likeness (QED) is 0.835. The third-order valence-corrected chi connectivity index (χ3v) is 2.59. The van der Waals surface area contributed by atoms with Crippen molar-refractivity contribution < 1.29 is 18.6 Å². The Kier molecular flexibility index (Phi) is 2.86. The molecule has 0 saturated heterocycles. The van der Waals surface area contributed by atoms with Crippen LogP contribution in [0.25, 0.3) is 0 Å². The van der Waals surface area contributed by atoms with E-state index >= 15 is 0 Å². The molecule has 0 atom stereocenters. The fraction of sp³-hybridized carbons (Fsp3) is 0.455. The molecule has 0 spiro atoms. The van der Waals surface area contributed by atoms with Crippen molar-refractivity contribution in [1.29, 1.82) is 0 Å². The van der Waals surface area contributed by atoms with Gasteiger partial charge in [-0.3, -0.25) is 0 Å². The number of benzene rings is 1. The molecule has 0 heterocycles. The third-order valence-electron chi connectivity index (χ3n) is 2.59. The second kappa shape index (κ2) is 4.14. The summed E-state index contributed by atoms with van der Waals surface area (Å²) in [6.45, 7) is 0.259. The molecule has 1 aliphatic rings. The standard InChI is InChI=1S/C11H12F2O2/c12-9-2-1-3-10(13)11(9)15-6-7-4-8(14)5-7/h1-3,7-8,14H,4-6H2. The highest BCUT2D eigenvalue weighted by molar-refractivity contribution is 5.26. The number of hydrogen-bond donors (Lipinski definition) is 1. The van der Waals surface area contributed by atoms with Crippen LogP contribution < -0.4 is 4.74 Å². The Labute approximate surface area is 86.5 Å². The van der Waals surface area contributed by atoms with Crippen LogP contribution in [0.4, 0.5) is 8.78 Å². The molecule has 15 heavy (non-hydrogen) atoms. The Balaban J connectivity index is 1.93. The predicted octanol–water partition coefficient (Wildman–Crippen LogP) is 2.11. The third kappa shape index (κ3) is 2.26. The molecule has 0 unspecified atom stereocenters. The Morgan fingerprint density at radius 3 is 2.40 bits per heavy atom. The highest BCUT2D eigenvalue weighted by Gasteiger charge is 2.28. The predicted molar refractivity (Wildman–Crippen MR) is 50.6 cm³/mol. The zero-order chi connectivity index (χ0) is 10.8. The molecule has 1 aliphatic carbocycles. The van der Waals surface area contributed by atoms with Crippen molar-refractivity contribution >= 4 is 0 Å². The first-order valence-electron chi connectivity index (χ1n) is 4.91. The van der Waals surface area contributed by atoms with E-state index in [2.05, 4.69) is 0 Å². The summed E-state index contributed by atoms with van der Waals surface area (Å²) >= 11 is 0. The van der Waals surface area contributed by atoms with Crippen molar-refractivity contribution in [3.05, 3.63) is 29.8 Å². The minimum atomic E-state index is -0.685. The highest BCUT2D eigenvalue weighted by atomic mass is 19.1. The average Bonchev–Trinajstić information content (AvgIpc) is 2.14. The molecule has 1 aromatic rings. The van der Waals surface area contributed by atoms with Gasteiger partial charge in [0.05, 0.1) is 12.7 Å². The van der Waals surface area contributed by atoms with Gasteiger partial charge in [0, 0.05) is 0 Å². The van der Waals surface area contributed by atoms with Crippen molar-refractivity contribution in [3.63, 3.8) is 0 Å². The molecule has 2 rings (SSSR count). The fourth-order valence-corrected chi connectivity index (χ4v) is 1.66. The summed E-state index contributed by atoms with van der Waals surface area (Å²) < 4.78 is 31.2. The summed E-state index contributed by atoms with van der Waals surface area (Å²) in [5.74, 6) is -1.48. The molecule has 1 aromatic carbocycles. The van der Waals surface area contributed by atoms with Gasteiger partial charge in [0.15, 0.2) is 17.4 Å². The Morgan fingerprint density at radius 2 is 1.87 bits per heavy atom. The number of hydrogen-bond acceptors (Lipinski definition) is 2. The van der Waals surface area contributed by atoms with Crippen LogP contribution in [-0.4, -0.2) is 17.8 Å². The SMILES string of the molecule is OC1CC(COc2c(F)cccc2F)C1. The molecule has 0 aromatic heterocycles. The summed E-state index contributed by atoms with van der Waals surface area (Å²) in [7, 11) is 0. The first-order valence-corrected chi connectivity index (χ1v) is 4.91. The minimum absolute atomic E-state index is 0.207. The van der Waals surface area contributed by atoms with E-state index in [9.17, 15) is 8.78 Å². The molecule has 4 heteroatoms. The molecule has 0 bridgehead atoms. The lowest BCUT2D eigenvalue weighted by Crippen LogP contribution is -2.32. The number of ether oxygens (including phenoxy) is 1. The van der Waals surface area contributed by atoms with Gasteiger partial charge in [0.1, 0.15) is 0 Å². The van der Waals surface area contributed by atoms with Crippen molar-refractivity contribution in [1.82, 2.24) is 0 Å². The Hall–Kier alpha value is -1.16. The second-order valence-electron chi connectivity index (χ2n) is 3.85. The van der Waals surface area contributed by atoms with Gasteiger partial charge in [-0.1, -0.05) is 6.07 Å². The van der Waals surface area contributed by atoms with Crippen LogP contribution >= 0.6 is 0 Å². The molecule has 0 amide bonds. The lowest BCUT2D eigenvalue weighted by atomic mass is 9.83. The van der Waals surface area contributed by atoms with Gasteiger partial charge in [-0.2, -0.15) is 0 Å². The lowest BCUT2D eigenvalue weighted by molar-refractivity contribution is 0.0189. The maximum absolute atomic E-state index is 13.1. The number of para-hydroxylation sites is 1. The van der Waals surface area contributed by atoms with Crippen LogP contribution in [0.15, 0.2) is 18.2 Å². The number of aliphatic hydroxyl groups excluding tert-OH is 1. The number of rotatable bonds is 3. The van der Waals surface area contributed by atoms with Gasteiger partial charge in [-0.05, 0) is 30.9 Å². The van der Waals surface area contributed by atoms with Crippen LogP contribution in [0, 0.1) is 17.6 Å². The number of aliphatic hydroxyl groups is 1. The van der Waals surface area contributed by atoms with Gasteiger partial charge in [-0.25, -0.2) is 8.78 Å². The summed E-state index contributed by atoms with van der Waals surface area (Å²) in [5, 5.41) is 9.02. The van der Waals surface area contributed by atoms with Crippen LogP contribution in [0.3, 0.4) is 0 Å². The molecule has 82 valence electrons. The molecular formula is C11H12F2O2. The Bertz CT molecular complexity index is 328. The molecule has 2 nitrogen and oxygen atoms in total. The summed E-state index contributed by atoms with van der Waals surface area (Å²) in [6, 6.07) is 3.62. The maximum Gasteiger partial charge on any atom is 0.190 e. The summed E-state index contributed by atoms with van der Waals surface area (Å²) in [4.78, 5) is 0. The van der Waals surface area contributed by atoms with Crippen LogP contribution in [-0.2, 0) is 0 Å². The van der Waals surface area contributed by atoms with Crippen LogP contribution in [0.2, 0.25) is 0 Å². The van der Waals surface area contributed by atoms with Gasteiger partial charge in [-0.15, -0.1) is 0 Å². The zero-order valence-corrected chi connectivity index (χ0v) is 8.12. The van der Waals surface area contributed by atoms with E-state index in [0.29, 0.717) is 12.8 Å². The van der Waals surface area contributed by atoms with E-state index in [-0.39, 0.29) is 24.4 Å². The van der Waals surface area contributed by atoms with Gasteiger partial charge < -0.3 is 9.84 Å². The maximum atomic E-state index is 13.1. The van der Waals surface area contributed by atoms with E-state index in [1.807, 2.05) is 0 Å². The van der Waals surface area contributed by atoms with Crippen molar-refractivity contribution in [2.45, 2.75) is 18.9 Å². The summed E-state index contributed by atoms with van der Waals surface area (Å²) in [6.07, 6.45) is 1.02. The molecule has 0 aliphatic heterocycles. The normalized spacial score (nSPS) is 24.7. The molecular weight excluding hydrogens is 202 g/mol. The van der Waals surface area contributed by atoms with E-state index in [0.717, 1.165) is 12.1 Å². The Morgan fingerprint density at radius 1 is 1.27 bits per heavy atom. The minimum Gasteiger partial charge on any atom is -0.487 e. The van der Waals surface area contributed by atoms with E-state index < -0.39 is 11.6 Å². The van der Waals surface area contributed by atoms with E-state index in [1.54, 1.807) is 0 Å². The first kappa shape index (κ1) is 10.4. The molecule has 1 fully saturated rings. The zero-order valence-electron chi connectivity index (χ0n) is 8.12. The topological polar surface area (TPSA) is 29.5 Å². The highest BCUT2D eigenvalue weighted by Crippen LogP contribution is 2.29. The van der Waals surface area contributed by atoms with Crippen molar-refractivity contribution in [2.24, 2.45) is 5.92 Å². The van der Waals surface area contributed by atoms with Gasteiger partial charge in [0.25, 0.3) is 0 Å². The van der Waals surface area contributed by atoms with Crippen LogP contribution in [0.5, 0.6) is 5.75 Å². The van der Waals surface area contributed by atoms with Gasteiger partial charge >= 0.3 is 0 Å². The van der Waals surface area contributed by atoms with Gasteiger partial charge in [0.2, 0.25) is 0 Å². The van der Waals surface area contributed by atoms with E-state index in [4.69, 9.17) is 9.84 Å².